The Morgan fingerprint density at radius 2 is 1.09 bits per heavy atom. The van der Waals surface area contributed by atoms with Crippen LogP contribution in [-0.2, 0) is 9.59 Å². The number of amidine groups is 2. The molecule has 44 heavy (non-hydrogen) atoms. The molecule has 0 spiro atoms. The number of aliphatic hydroxyl groups is 4. The van der Waals surface area contributed by atoms with Crippen LogP contribution in [0.15, 0.2) is 0 Å². The summed E-state index contributed by atoms with van der Waals surface area (Å²) in [5.74, 6) is -0.994. The smallest absolute Gasteiger partial charge is 0.252 e. The normalized spacial score (nSPS) is 15.5. The molecular weight excluding hydrogens is 566 g/mol. The van der Waals surface area contributed by atoms with Crippen LogP contribution in [0.3, 0.4) is 0 Å². The lowest BCUT2D eigenvalue weighted by Crippen LogP contribution is -2.59. The van der Waals surface area contributed by atoms with Crippen molar-refractivity contribution < 1.29 is 30.0 Å². The molecule has 0 rings (SSSR count). The zero-order valence-electron chi connectivity index (χ0n) is 28.8. The van der Waals surface area contributed by atoms with Gasteiger partial charge in [-0.05, 0) is 68.2 Å². The predicted molar refractivity (Wildman–Crippen MR) is 175 cm³/mol. The molecule has 0 saturated carbocycles. The number of nitrogens with one attached hydrogen (secondary N) is 7. The van der Waals surface area contributed by atoms with Crippen molar-refractivity contribution in [1.82, 2.24) is 26.6 Å². The fraction of sp³-hybridized carbons (Fsp3) is 0.871. The van der Waals surface area contributed by atoms with Gasteiger partial charge in [-0.15, -0.1) is 0 Å². The first-order chi connectivity index (χ1) is 19.9. The molecule has 0 aromatic rings. The quantitative estimate of drug-likeness (QED) is 0.0559. The maximum Gasteiger partial charge on any atom is 0.252 e. The first kappa shape index (κ1) is 41.7. The molecule has 0 aliphatic carbocycles. The van der Waals surface area contributed by atoms with E-state index in [1.54, 1.807) is 20.8 Å². The highest BCUT2D eigenvalue weighted by Gasteiger charge is 2.41. The van der Waals surface area contributed by atoms with Gasteiger partial charge in [0.25, 0.3) is 11.8 Å². The first-order valence-corrected chi connectivity index (χ1v) is 15.6. The number of aliphatic hydroxyl groups excluding tert-OH is 4. The molecule has 0 aromatic carbocycles. The van der Waals surface area contributed by atoms with Gasteiger partial charge in [0, 0.05) is 54.5 Å². The van der Waals surface area contributed by atoms with E-state index in [2.05, 4.69) is 47.4 Å². The van der Waals surface area contributed by atoms with Gasteiger partial charge in [0.05, 0.1) is 11.7 Å². The summed E-state index contributed by atoms with van der Waals surface area (Å²) in [5.41, 5.74) is -1.88. The van der Waals surface area contributed by atoms with Crippen molar-refractivity contribution in [2.75, 3.05) is 19.6 Å². The van der Waals surface area contributed by atoms with Gasteiger partial charge in [-0.2, -0.15) is 0 Å². The fourth-order valence-electron chi connectivity index (χ4n) is 4.07. The summed E-state index contributed by atoms with van der Waals surface area (Å²) in [6.45, 7) is 20.5. The number of hydrogen-bond acceptors (Lipinski definition) is 9. The maximum atomic E-state index is 12.6. The lowest BCUT2D eigenvalue weighted by atomic mass is 9.74. The summed E-state index contributed by atoms with van der Waals surface area (Å²) in [5, 5.41) is 72.1. The fourth-order valence-corrected chi connectivity index (χ4v) is 4.07. The Morgan fingerprint density at radius 1 is 0.614 bits per heavy atom. The van der Waals surface area contributed by atoms with Gasteiger partial charge in [-0.3, -0.25) is 20.4 Å². The Balaban J connectivity index is 4.57. The minimum absolute atomic E-state index is 0.0623. The number of unbranched alkanes of at least 4 members (excludes halogenated alkanes) is 3. The van der Waals surface area contributed by atoms with E-state index < -0.39 is 52.7 Å². The van der Waals surface area contributed by atoms with Crippen LogP contribution in [0.5, 0.6) is 0 Å². The van der Waals surface area contributed by atoms with E-state index in [4.69, 9.17) is 10.8 Å². The van der Waals surface area contributed by atoms with E-state index in [1.165, 1.54) is 0 Å². The van der Waals surface area contributed by atoms with Crippen LogP contribution in [0.4, 0.5) is 0 Å². The maximum absolute atomic E-state index is 12.6. The molecule has 13 nitrogen and oxygen atoms in total. The highest BCUT2D eigenvalue weighted by molar-refractivity contribution is 5.83. The predicted octanol–water partition coefficient (Wildman–Crippen LogP) is 1.13. The van der Waals surface area contributed by atoms with Crippen LogP contribution in [0, 0.1) is 16.2 Å². The number of carbonyl (C=O) groups excluding carboxylic acids is 2. The molecule has 0 radical (unpaired) electrons. The lowest BCUT2D eigenvalue weighted by Gasteiger charge is -2.43. The second-order valence-corrected chi connectivity index (χ2v) is 14.9. The molecule has 0 heterocycles. The number of amides is 2. The van der Waals surface area contributed by atoms with E-state index in [0.29, 0.717) is 24.5 Å². The minimum atomic E-state index is -2.10. The standard InChI is InChI=1S/C31H63N7O6/c1-28(2,3)36-18-17-34-20(32)15-13-11-12-14-16-21(33)37-31(9,10)30(7,8)19-35-26(43)24(41)22(39)23(40)25(42)27(44)38-29(4,5)6/h22-25,36,39-42H,11-19H2,1-10H3,(H2,32,34)(H2,33,37)(H,35,43)(H,38,44)/t22-,23+,24+,25-/m0/s1. The average molecular weight is 630 g/mol. The molecule has 0 aliphatic heterocycles. The highest BCUT2D eigenvalue weighted by Crippen LogP contribution is 2.30. The summed E-state index contributed by atoms with van der Waals surface area (Å²) in [7, 11) is 0. The van der Waals surface area contributed by atoms with Crippen LogP contribution < -0.4 is 26.6 Å². The molecule has 0 saturated heterocycles. The monoisotopic (exact) mass is 629 g/mol. The van der Waals surface area contributed by atoms with Gasteiger partial charge < -0.3 is 47.0 Å². The van der Waals surface area contributed by atoms with E-state index >= 15 is 0 Å². The van der Waals surface area contributed by atoms with E-state index in [-0.39, 0.29) is 12.1 Å². The van der Waals surface area contributed by atoms with E-state index in [1.807, 2.05) is 27.7 Å². The molecule has 0 aliphatic rings. The zero-order chi connectivity index (χ0) is 34.5. The van der Waals surface area contributed by atoms with Gasteiger partial charge in [0.15, 0.2) is 12.2 Å². The average Bonchev–Trinajstić information content (AvgIpc) is 2.88. The molecule has 0 aromatic heterocycles. The summed E-state index contributed by atoms with van der Waals surface area (Å²) in [6, 6.07) is 0. The van der Waals surface area contributed by atoms with E-state index in [9.17, 15) is 30.0 Å². The van der Waals surface area contributed by atoms with E-state index in [0.717, 1.165) is 38.8 Å². The Hall–Kier alpha value is -2.32. The Morgan fingerprint density at radius 3 is 1.57 bits per heavy atom. The number of rotatable bonds is 19. The molecule has 2 amide bonds. The van der Waals surface area contributed by atoms with Crippen molar-refractivity contribution in [3.8, 4) is 0 Å². The highest BCUT2D eigenvalue weighted by atomic mass is 16.4. The van der Waals surface area contributed by atoms with Gasteiger partial charge in [-0.25, -0.2) is 0 Å². The van der Waals surface area contributed by atoms with Crippen molar-refractivity contribution in [2.24, 2.45) is 5.41 Å². The van der Waals surface area contributed by atoms with Gasteiger partial charge in [0.2, 0.25) is 0 Å². The minimum Gasteiger partial charge on any atom is -0.387 e. The Bertz CT molecular complexity index is 927. The zero-order valence-corrected chi connectivity index (χ0v) is 28.8. The third kappa shape index (κ3) is 16.7. The molecular formula is C31H63N7O6. The Kier molecular flexibility index (Phi) is 17.0. The molecule has 11 N–H and O–H groups in total. The van der Waals surface area contributed by atoms with Crippen molar-refractivity contribution in [1.29, 1.82) is 10.8 Å². The van der Waals surface area contributed by atoms with Gasteiger partial charge >= 0.3 is 0 Å². The van der Waals surface area contributed by atoms with Crippen molar-refractivity contribution in [3.05, 3.63) is 0 Å². The van der Waals surface area contributed by atoms with Crippen LogP contribution in [0.25, 0.3) is 0 Å². The summed E-state index contributed by atoms with van der Waals surface area (Å²) < 4.78 is 0. The largest absolute Gasteiger partial charge is 0.387 e. The molecule has 13 heteroatoms. The third-order valence-electron chi connectivity index (χ3n) is 7.61. The molecule has 258 valence electrons. The summed E-state index contributed by atoms with van der Waals surface area (Å²) in [6.07, 6.45) is -3.39. The number of hydrogen-bond donors (Lipinski definition) is 11. The van der Waals surface area contributed by atoms with Gasteiger partial charge in [-0.1, -0.05) is 26.7 Å². The number of carbonyl (C=O) groups is 2. The van der Waals surface area contributed by atoms with Crippen LogP contribution in [0.1, 0.15) is 108 Å². The molecule has 4 atom stereocenters. The van der Waals surface area contributed by atoms with Crippen LogP contribution in [-0.4, -0.2) is 105 Å². The Labute approximate surface area is 264 Å². The van der Waals surface area contributed by atoms with Crippen molar-refractivity contribution >= 4 is 23.5 Å². The topological polar surface area (TPSA) is 223 Å². The SMILES string of the molecule is CC(C)(C)NCCNC(=N)CCCCCCC(=N)NC(C)(C)C(C)(C)CNC(=O)[C@H](O)[C@@H](O)[C@@H](O)[C@H](O)C(=O)NC(C)(C)C. The molecule has 0 fully saturated rings. The first-order valence-electron chi connectivity index (χ1n) is 15.6. The second kappa shape index (κ2) is 18.0. The van der Waals surface area contributed by atoms with Crippen molar-refractivity contribution in [2.45, 2.75) is 149 Å². The molecule has 0 unspecified atom stereocenters. The van der Waals surface area contributed by atoms with Crippen LogP contribution >= 0.6 is 0 Å². The van der Waals surface area contributed by atoms with Crippen molar-refractivity contribution in [3.63, 3.8) is 0 Å². The van der Waals surface area contributed by atoms with Gasteiger partial charge in [0.1, 0.15) is 12.2 Å². The van der Waals surface area contributed by atoms with Crippen LogP contribution in [0.2, 0.25) is 0 Å². The summed E-state index contributed by atoms with van der Waals surface area (Å²) in [4.78, 5) is 24.7. The summed E-state index contributed by atoms with van der Waals surface area (Å²) >= 11 is 0. The lowest BCUT2D eigenvalue weighted by molar-refractivity contribution is -0.156. The third-order valence-corrected chi connectivity index (χ3v) is 7.61. The second-order valence-electron chi connectivity index (χ2n) is 14.9. The molecule has 0 bridgehead atoms.